The first-order valence-corrected chi connectivity index (χ1v) is 8.98. The molecule has 0 amide bonds. The van der Waals surface area contributed by atoms with Crippen molar-refractivity contribution in [2.45, 2.75) is 13.3 Å². The van der Waals surface area contributed by atoms with Gasteiger partial charge >= 0.3 is 0 Å². The van der Waals surface area contributed by atoms with E-state index in [0.717, 1.165) is 55.4 Å². The van der Waals surface area contributed by atoms with Gasteiger partial charge in [-0.25, -0.2) is 4.99 Å². The van der Waals surface area contributed by atoms with Crippen molar-refractivity contribution in [3.05, 3.63) is 77.8 Å². The molecular weight excluding hydrogens is 308 g/mol. The van der Waals surface area contributed by atoms with Gasteiger partial charge in [0, 0.05) is 43.6 Å². The molecule has 128 valence electrons. The fraction of sp³-hybridized carbons (Fsp3) is 0.286. The summed E-state index contributed by atoms with van der Waals surface area (Å²) in [5, 5.41) is 3.39. The Morgan fingerprint density at radius 3 is 2.84 bits per heavy atom. The van der Waals surface area contributed by atoms with Crippen molar-refractivity contribution < 1.29 is 0 Å². The highest BCUT2D eigenvalue weighted by Crippen LogP contribution is 2.29. The highest BCUT2D eigenvalue weighted by molar-refractivity contribution is 6.02. The number of piperazine rings is 1. The fourth-order valence-electron chi connectivity index (χ4n) is 3.39. The number of allylic oxidation sites excluding steroid dienone is 2. The van der Waals surface area contributed by atoms with E-state index in [9.17, 15) is 0 Å². The van der Waals surface area contributed by atoms with Crippen molar-refractivity contribution in [3.63, 3.8) is 0 Å². The van der Waals surface area contributed by atoms with Crippen molar-refractivity contribution in [1.82, 2.24) is 15.1 Å². The van der Waals surface area contributed by atoms with Gasteiger partial charge in [0.2, 0.25) is 0 Å². The van der Waals surface area contributed by atoms with Crippen LogP contribution in [0.4, 0.5) is 0 Å². The van der Waals surface area contributed by atoms with Crippen LogP contribution >= 0.6 is 0 Å². The van der Waals surface area contributed by atoms with Crippen LogP contribution in [0, 0.1) is 0 Å². The molecule has 3 heterocycles. The zero-order valence-electron chi connectivity index (χ0n) is 14.7. The number of fused-ring (bicyclic) bond motifs is 1. The van der Waals surface area contributed by atoms with Gasteiger partial charge in [0.25, 0.3) is 0 Å². The quantitative estimate of drug-likeness (QED) is 0.922. The van der Waals surface area contributed by atoms with Crippen molar-refractivity contribution in [2.24, 2.45) is 4.99 Å². The summed E-state index contributed by atoms with van der Waals surface area (Å²) in [6.07, 6.45) is 9.52. The number of nitrogens with zero attached hydrogens (tertiary/aromatic N) is 3. The average Bonchev–Trinajstić information content (AvgIpc) is 2.68. The summed E-state index contributed by atoms with van der Waals surface area (Å²) < 4.78 is 0. The molecule has 1 aromatic carbocycles. The SMILES string of the molecule is C=C1C=C(c2cccc(CC)c2)N=C2C=CC(N3CCNCC3)=CN12. The van der Waals surface area contributed by atoms with Gasteiger partial charge in [-0.3, -0.25) is 0 Å². The second kappa shape index (κ2) is 6.73. The molecule has 0 aliphatic carbocycles. The maximum atomic E-state index is 4.86. The van der Waals surface area contributed by atoms with Crippen LogP contribution in [-0.4, -0.2) is 41.8 Å². The van der Waals surface area contributed by atoms with Gasteiger partial charge < -0.3 is 15.1 Å². The third-order valence-corrected chi connectivity index (χ3v) is 4.87. The predicted molar refractivity (Wildman–Crippen MR) is 104 cm³/mol. The van der Waals surface area contributed by atoms with Crippen LogP contribution in [0.5, 0.6) is 0 Å². The molecule has 25 heavy (non-hydrogen) atoms. The molecule has 4 nitrogen and oxygen atoms in total. The van der Waals surface area contributed by atoms with E-state index in [0.29, 0.717) is 0 Å². The second-order valence-corrected chi connectivity index (χ2v) is 6.54. The summed E-state index contributed by atoms with van der Waals surface area (Å²) in [7, 11) is 0. The Morgan fingerprint density at radius 1 is 1.20 bits per heavy atom. The molecular formula is C21H24N4. The first-order chi connectivity index (χ1) is 12.2. The number of aliphatic imine (C=N–C) groups is 1. The molecule has 0 spiro atoms. The van der Waals surface area contributed by atoms with E-state index in [4.69, 9.17) is 4.99 Å². The molecule has 1 saturated heterocycles. The second-order valence-electron chi connectivity index (χ2n) is 6.54. The van der Waals surface area contributed by atoms with E-state index < -0.39 is 0 Å². The van der Waals surface area contributed by atoms with Gasteiger partial charge in [-0.1, -0.05) is 31.7 Å². The highest BCUT2D eigenvalue weighted by Gasteiger charge is 2.22. The van der Waals surface area contributed by atoms with Gasteiger partial charge in [-0.15, -0.1) is 0 Å². The predicted octanol–water partition coefficient (Wildman–Crippen LogP) is 3.13. The summed E-state index contributed by atoms with van der Waals surface area (Å²) in [5.74, 6) is 0.934. The van der Waals surface area contributed by atoms with E-state index in [1.807, 2.05) is 0 Å². The van der Waals surface area contributed by atoms with Crippen LogP contribution in [-0.2, 0) is 6.42 Å². The van der Waals surface area contributed by atoms with E-state index in [-0.39, 0.29) is 0 Å². The molecule has 4 rings (SSSR count). The maximum absolute atomic E-state index is 4.86. The molecule has 0 aromatic heterocycles. The molecule has 4 heteroatoms. The molecule has 1 aromatic rings. The first kappa shape index (κ1) is 15.9. The summed E-state index contributed by atoms with van der Waals surface area (Å²) in [5.41, 5.74) is 5.64. The highest BCUT2D eigenvalue weighted by atomic mass is 15.2. The van der Waals surface area contributed by atoms with Crippen LogP contribution in [0.1, 0.15) is 18.1 Å². The van der Waals surface area contributed by atoms with Gasteiger partial charge in [0.15, 0.2) is 0 Å². The molecule has 0 unspecified atom stereocenters. The van der Waals surface area contributed by atoms with Crippen LogP contribution < -0.4 is 5.32 Å². The molecule has 3 aliphatic heterocycles. The lowest BCUT2D eigenvalue weighted by atomic mass is 10.0. The van der Waals surface area contributed by atoms with Crippen molar-refractivity contribution >= 4 is 11.5 Å². The lowest BCUT2D eigenvalue weighted by molar-refractivity contribution is 0.303. The molecule has 0 atom stereocenters. The normalized spacial score (nSPS) is 20.0. The third-order valence-electron chi connectivity index (χ3n) is 4.87. The van der Waals surface area contributed by atoms with Gasteiger partial charge in [0.05, 0.1) is 11.4 Å². The lowest BCUT2D eigenvalue weighted by Crippen LogP contribution is -2.43. The number of nitrogens with one attached hydrogen (secondary N) is 1. The van der Waals surface area contributed by atoms with E-state index in [1.165, 1.54) is 11.3 Å². The summed E-state index contributed by atoms with van der Waals surface area (Å²) in [4.78, 5) is 9.35. The van der Waals surface area contributed by atoms with Gasteiger partial charge in [-0.2, -0.15) is 0 Å². The van der Waals surface area contributed by atoms with Crippen molar-refractivity contribution in [1.29, 1.82) is 0 Å². The smallest absolute Gasteiger partial charge is 0.137 e. The monoisotopic (exact) mass is 332 g/mol. The number of hydrogen-bond donors (Lipinski definition) is 1. The zero-order chi connectivity index (χ0) is 17.2. The van der Waals surface area contributed by atoms with E-state index in [2.05, 4.69) is 77.3 Å². The standard InChI is InChI=1S/C21H24N4/c1-3-17-5-4-6-18(14-17)20-13-16(2)25-15-19(7-8-21(25)23-20)24-11-9-22-10-12-24/h4-8,13-15,22H,2-3,9-12H2,1H3. The Bertz CT molecular complexity index is 807. The minimum atomic E-state index is 0.934. The van der Waals surface area contributed by atoms with Crippen LogP contribution in [0.15, 0.2) is 71.7 Å². The van der Waals surface area contributed by atoms with Gasteiger partial charge in [-0.05, 0) is 36.3 Å². The maximum Gasteiger partial charge on any atom is 0.137 e. The number of amidine groups is 1. The first-order valence-electron chi connectivity index (χ1n) is 8.98. The lowest BCUT2D eigenvalue weighted by Gasteiger charge is -2.35. The number of aryl methyl sites for hydroxylation is 1. The van der Waals surface area contributed by atoms with Crippen LogP contribution in [0.2, 0.25) is 0 Å². The Kier molecular flexibility index (Phi) is 4.28. The Morgan fingerprint density at radius 2 is 2.04 bits per heavy atom. The summed E-state index contributed by atoms with van der Waals surface area (Å²) in [6.45, 7) is 10.6. The Labute approximate surface area is 149 Å². The molecule has 0 bridgehead atoms. The van der Waals surface area contributed by atoms with Crippen LogP contribution in [0.25, 0.3) is 5.70 Å². The van der Waals surface area contributed by atoms with E-state index >= 15 is 0 Å². The minimum absolute atomic E-state index is 0.934. The Balaban J connectivity index is 1.60. The molecule has 0 radical (unpaired) electrons. The van der Waals surface area contributed by atoms with Crippen molar-refractivity contribution in [2.75, 3.05) is 26.2 Å². The summed E-state index contributed by atoms with van der Waals surface area (Å²) >= 11 is 0. The van der Waals surface area contributed by atoms with E-state index in [1.54, 1.807) is 0 Å². The Hall–Kier alpha value is -2.59. The molecule has 1 fully saturated rings. The van der Waals surface area contributed by atoms with Crippen molar-refractivity contribution in [3.8, 4) is 0 Å². The molecule has 3 aliphatic rings. The molecule has 1 N–H and O–H groups in total. The fourth-order valence-corrected chi connectivity index (χ4v) is 3.39. The zero-order valence-corrected chi connectivity index (χ0v) is 14.7. The average molecular weight is 332 g/mol. The largest absolute Gasteiger partial charge is 0.368 e. The summed E-state index contributed by atoms with van der Waals surface area (Å²) in [6, 6.07) is 8.59. The molecule has 0 saturated carbocycles. The number of hydrogen-bond acceptors (Lipinski definition) is 4. The van der Waals surface area contributed by atoms with Gasteiger partial charge in [0.1, 0.15) is 5.84 Å². The minimum Gasteiger partial charge on any atom is -0.368 e. The topological polar surface area (TPSA) is 30.9 Å². The van der Waals surface area contributed by atoms with Crippen LogP contribution in [0.3, 0.4) is 0 Å². The number of benzene rings is 1. The third kappa shape index (κ3) is 3.17. The number of rotatable bonds is 3.